The SMILES string of the molecule is CCc1cc(C(=O)NCc2ccc(S(=O)(=O)NC)s2)sc1C. The standard InChI is InChI=1S/C14H18N2O3S3/c1-4-10-7-12(20-9(10)2)14(17)16-8-11-5-6-13(21-11)22(18,19)15-3/h5-7,15H,4,8H2,1-3H3,(H,16,17). The maximum Gasteiger partial charge on any atom is 0.261 e. The molecule has 0 bridgehead atoms. The van der Waals surface area contributed by atoms with Gasteiger partial charge in [-0.1, -0.05) is 6.92 Å². The highest BCUT2D eigenvalue weighted by Crippen LogP contribution is 2.23. The van der Waals surface area contributed by atoms with E-state index in [1.54, 1.807) is 12.1 Å². The number of carbonyl (C=O) groups is 1. The number of amides is 1. The summed E-state index contributed by atoms with van der Waals surface area (Å²) in [6.07, 6.45) is 0.909. The van der Waals surface area contributed by atoms with Crippen LogP contribution in [0, 0.1) is 6.92 Å². The highest BCUT2D eigenvalue weighted by molar-refractivity contribution is 7.91. The van der Waals surface area contributed by atoms with E-state index < -0.39 is 10.0 Å². The molecule has 0 fully saturated rings. The Labute approximate surface area is 138 Å². The lowest BCUT2D eigenvalue weighted by atomic mass is 10.2. The number of aryl methyl sites for hydroxylation is 2. The van der Waals surface area contributed by atoms with Gasteiger partial charge in [0.15, 0.2) is 0 Å². The molecule has 2 heterocycles. The van der Waals surface area contributed by atoms with Gasteiger partial charge in [0.25, 0.3) is 5.91 Å². The van der Waals surface area contributed by atoms with Crippen molar-refractivity contribution in [2.75, 3.05) is 7.05 Å². The average Bonchev–Trinajstić information content (AvgIpc) is 3.11. The third-order valence-corrected chi connectivity index (χ3v) is 7.30. The lowest BCUT2D eigenvalue weighted by molar-refractivity contribution is 0.0955. The van der Waals surface area contributed by atoms with Crippen LogP contribution in [0.3, 0.4) is 0 Å². The summed E-state index contributed by atoms with van der Waals surface area (Å²) in [5, 5.41) is 2.83. The third kappa shape index (κ3) is 3.75. The lowest BCUT2D eigenvalue weighted by Crippen LogP contribution is -2.21. The summed E-state index contributed by atoms with van der Waals surface area (Å²) < 4.78 is 25.8. The van der Waals surface area contributed by atoms with Crippen LogP contribution in [-0.2, 0) is 23.0 Å². The van der Waals surface area contributed by atoms with E-state index in [0.717, 1.165) is 27.5 Å². The molecule has 0 atom stereocenters. The zero-order chi connectivity index (χ0) is 16.3. The summed E-state index contributed by atoms with van der Waals surface area (Å²) in [5.74, 6) is -0.126. The van der Waals surface area contributed by atoms with Crippen LogP contribution < -0.4 is 10.0 Å². The van der Waals surface area contributed by atoms with Gasteiger partial charge in [0.2, 0.25) is 10.0 Å². The summed E-state index contributed by atoms with van der Waals surface area (Å²) in [6.45, 7) is 4.39. The number of rotatable bonds is 6. The van der Waals surface area contributed by atoms with Crippen LogP contribution >= 0.6 is 22.7 Å². The zero-order valence-electron chi connectivity index (χ0n) is 12.6. The van der Waals surface area contributed by atoms with E-state index >= 15 is 0 Å². The first-order valence-electron chi connectivity index (χ1n) is 6.77. The predicted octanol–water partition coefficient (Wildman–Crippen LogP) is 2.52. The van der Waals surface area contributed by atoms with E-state index in [1.165, 1.54) is 23.9 Å². The molecule has 2 N–H and O–H groups in total. The Kier molecular flexibility index (Phi) is 5.38. The number of sulfonamides is 1. The second-order valence-corrected chi connectivity index (χ2v) is 9.19. The fourth-order valence-electron chi connectivity index (χ4n) is 1.94. The minimum Gasteiger partial charge on any atom is -0.346 e. The molecule has 0 radical (unpaired) electrons. The molecular weight excluding hydrogens is 340 g/mol. The summed E-state index contributed by atoms with van der Waals surface area (Å²) in [6, 6.07) is 5.18. The zero-order valence-corrected chi connectivity index (χ0v) is 15.0. The topological polar surface area (TPSA) is 75.3 Å². The highest BCUT2D eigenvalue weighted by atomic mass is 32.2. The largest absolute Gasteiger partial charge is 0.346 e. The normalized spacial score (nSPS) is 11.6. The molecule has 0 spiro atoms. The molecule has 2 rings (SSSR count). The van der Waals surface area contributed by atoms with Crippen molar-refractivity contribution in [2.24, 2.45) is 0 Å². The minimum atomic E-state index is -3.42. The van der Waals surface area contributed by atoms with Crippen molar-refractivity contribution in [1.82, 2.24) is 10.0 Å². The van der Waals surface area contributed by atoms with E-state index in [0.29, 0.717) is 11.4 Å². The van der Waals surface area contributed by atoms with Crippen LogP contribution in [0.1, 0.15) is 31.9 Å². The first kappa shape index (κ1) is 17.1. The van der Waals surface area contributed by atoms with Gasteiger partial charge in [0, 0.05) is 9.75 Å². The number of hydrogen-bond donors (Lipinski definition) is 2. The Morgan fingerprint density at radius 2 is 2.00 bits per heavy atom. The van der Waals surface area contributed by atoms with Gasteiger partial charge in [-0.3, -0.25) is 4.79 Å². The Balaban J connectivity index is 2.02. The number of hydrogen-bond acceptors (Lipinski definition) is 5. The van der Waals surface area contributed by atoms with Crippen LogP contribution in [0.4, 0.5) is 0 Å². The molecule has 22 heavy (non-hydrogen) atoms. The van der Waals surface area contributed by atoms with E-state index in [-0.39, 0.29) is 10.1 Å². The molecular formula is C14H18N2O3S3. The van der Waals surface area contributed by atoms with Gasteiger partial charge >= 0.3 is 0 Å². The first-order valence-corrected chi connectivity index (χ1v) is 9.88. The lowest BCUT2D eigenvalue weighted by Gasteiger charge is -2.01. The molecule has 2 aromatic heterocycles. The predicted molar refractivity (Wildman–Crippen MR) is 90.2 cm³/mol. The second-order valence-electron chi connectivity index (χ2n) is 4.66. The van der Waals surface area contributed by atoms with Crippen LogP contribution in [-0.4, -0.2) is 21.4 Å². The third-order valence-electron chi connectivity index (χ3n) is 3.22. The van der Waals surface area contributed by atoms with Crippen molar-refractivity contribution in [1.29, 1.82) is 0 Å². The molecule has 0 unspecified atom stereocenters. The summed E-state index contributed by atoms with van der Waals surface area (Å²) in [7, 11) is -2.04. The van der Waals surface area contributed by atoms with Crippen LogP contribution in [0.5, 0.6) is 0 Å². The quantitative estimate of drug-likeness (QED) is 0.833. The van der Waals surface area contributed by atoms with Gasteiger partial charge < -0.3 is 5.32 Å². The van der Waals surface area contributed by atoms with E-state index in [1.807, 2.05) is 13.0 Å². The number of nitrogens with one attached hydrogen (secondary N) is 2. The molecule has 0 aromatic carbocycles. The highest BCUT2D eigenvalue weighted by Gasteiger charge is 2.15. The fraction of sp³-hybridized carbons (Fsp3) is 0.357. The molecule has 0 aliphatic rings. The molecule has 2 aromatic rings. The maximum atomic E-state index is 12.1. The molecule has 5 nitrogen and oxygen atoms in total. The average molecular weight is 359 g/mol. The molecule has 0 aliphatic carbocycles. The molecule has 8 heteroatoms. The second kappa shape index (κ2) is 6.91. The van der Waals surface area contributed by atoms with Gasteiger partial charge in [-0.2, -0.15) is 0 Å². The molecule has 1 amide bonds. The van der Waals surface area contributed by atoms with Gasteiger partial charge in [-0.05, 0) is 44.2 Å². The summed E-state index contributed by atoms with van der Waals surface area (Å²) in [5.41, 5.74) is 1.19. The van der Waals surface area contributed by atoms with Gasteiger partial charge in [-0.25, -0.2) is 13.1 Å². The van der Waals surface area contributed by atoms with Crippen molar-refractivity contribution in [3.63, 3.8) is 0 Å². The van der Waals surface area contributed by atoms with Crippen molar-refractivity contribution in [3.8, 4) is 0 Å². The summed E-state index contributed by atoms with van der Waals surface area (Å²) >= 11 is 2.63. The van der Waals surface area contributed by atoms with E-state index in [2.05, 4.69) is 17.0 Å². The Bertz CT molecular complexity index is 775. The minimum absolute atomic E-state index is 0.126. The van der Waals surface area contributed by atoms with Gasteiger partial charge in [0.05, 0.1) is 11.4 Å². The molecule has 0 saturated carbocycles. The van der Waals surface area contributed by atoms with Crippen molar-refractivity contribution < 1.29 is 13.2 Å². The molecule has 120 valence electrons. The number of carbonyl (C=O) groups excluding carboxylic acids is 1. The Morgan fingerprint density at radius 1 is 1.27 bits per heavy atom. The smallest absolute Gasteiger partial charge is 0.261 e. The Hall–Kier alpha value is -1.22. The van der Waals surface area contributed by atoms with Crippen LogP contribution in [0.2, 0.25) is 0 Å². The molecule has 0 aliphatic heterocycles. The monoisotopic (exact) mass is 358 g/mol. The first-order chi connectivity index (χ1) is 10.4. The van der Waals surface area contributed by atoms with E-state index in [9.17, 15) is 13.2 Å². The van der Waals surface area contributed by atoms with Gasteiger partial charge in [-0.15, -0.1) is 22.7 Å². The summed E-state index contributed by atoms with van der Waals surface area (Å²) in [4.78, 5) is 14.8. The van der Waals surface area contributed by atoms with Crippen molar-refractivity contribution in [2.45, 2.75) is 31.0 Å². The maximum absolute atomic E-state index is 12.1. The Morgan fingerprint density at radius 3 is 2.59 bits per heavy atom. The van der Waals surface area contributed by atoms with Crippen LogP contribution in [0.15, 0.2) is 22.4 Å². The van der Waals surface area contributed by atoms with Gasteiger partial charge in [0.1, 0.15) is 4.21 Å². The van der Waals surface area contributed by atoms with Crippen LogP contribution in [0.25, 0.3) is 0 Å². The van der Waals surface area contributed by atoms with Crippen molar-refractivity contribution in [3.05, 3.63) is 38.4 Å². The molecule has 0 saturated heterocycles. The van der Waals surface area contributed by atoms with E-state index in [4.69, 9.17) is 0 Å². The van der Waals surface area contributed by atoms with Crippen molar-refractivity contribution >= 4 is 38.6 Å². The number of thiophene rings is 2. The fourth-order valence-corrected chi connectivity index (χ4v) is 5.10.